The van der Waals surface area contributed by atoms with E-state index in [2.05, 4.69) is 15.9 Å². The third-order valence-electron chi connectivity index (χ3n) is 6.38. The van der Waals surface area contributed by atoms with Gasteiger partial charge in [0.15, 0.2) is 5.41 Å². The highest BCUT2D eigenvalue weighted by molar-refractivity contribution is 9.10. The SMILES string of the molecule is CC1C2(c3ccc(Br)cc3)OC(=N)C1(C#N)C(C#N)(C#N)C(c1ccc(Cl)c([N+](=O)[O-])c1)O2. The molecular weight excluding hydrogens is 514 g/mol. The van der Waals surface area contributed by atoms with Crippen molar-refractivity contribution in [1.82, 2.24) is 0 Å². The van der Waals surface area contributed by atoms with Crippen LogP contribution in [0, 0.1) is 66.3 Å². The van der Waals surface area contributed by atoms with Crippen LogP contribution in [0.25, 0.3) is 0 Å². The Hall–Kier alpha value is -3.49. The minimum absolute atomic E-state index is 0.0838. The van der Waals surface area contributed by atoms with Crippen LogP contribution in [0.15, 0.2) is 46.9 Å². The molecule has 2 aliphatic heterocycles. The summed E-state index contributed by atoms with van der Waals surface area (Å²) in [5.41, 5.74) is -4.16. The van der Waals surface area contributed by atoms with Crippen molar-refractivity contribution >= 4 is 39.1 Å². The molecule has 2 aromatic carbocycles. The van der Waals surface area contributed by atoms with Gasteiger partial charge in [0.2, 0.25) is 17.1 Å². The van der Waals surface area contributed by atoms with Crippen LogP contribution in [-0.2, 0) is 15.3 Å². The standard InChI is InChI=1S/C22H13BrClN5O4/c1-12-21(11-27)19(28)33-22(12,14-3-5-15(23)6-4-14)32-18(20(21,9-25)10-26)13-2-7-16(24)17(8-13)29(30)31/h2-8,12,18,28H,1H3. The predicted octanol–water partition coefficient (Wildman–Crippen LogP) is 5.12. The second-order valence-electron chi connectivity index (χ2n) is 7.74. The van der Waals surface area contributed by atoms with Gasteiger partial charge in [-0.3, -0.25) is 15.5 Å². The average Bonchev–Trinajstić information content (AvgIpc) is 2.96. The molecule has 2 saturated heterocycles. The number of nitrogens with zero attached hydrogens (tertiary/aromatic N) is 4. The fourth-order valence-corrected chi connectivity index (χ4v) is 5.13. The molecule has 0 aromatic heterocycles. The monoisotopic (exact) mass is 525 g/mol. The summed E-state index contributed by atoms with van der Waals surface area (Å²) in [6.45, 7) is 1.58. The lowest BCUT2D eigenvalue weighted by Crippen LogP contribution is -2.57. The molecule has 33 heavy (non-hydrogen) atoms. The van der Waals surface area contributed by atoms with Crippen molar-refractivity contribution in [2.75, 3.05) is 0 Å². The number of hydrogen-bond donors (Lipinski definition) is 1. The van der Waals surface area contributed by atoms with Crippen LogP contribution in [0.2, 0.25) is 5.02 Å². The van der Waals surface area contributed by atoms with E-state index in [-0.39, 0.29) is 10.6 Å². The van der Waals surface area contributed by atoms with Gasteiger partial charge in [0, 0.05) is 16.1 Å². The van der Waals surface area contributed by atoms with Crippen LogP contribution in [-0.4, -0.2) is 10.8 Å². The normalized spacial score (nSPS) is 29.3. The lowest BCUT2D eigenvalue weighted by Gasteiger charge is -2.48. The number of nitro benzene ring substituents is 1. The second-order valence-corrected chi connectivity index (χ2v) is 9.07. The van der Waals surface area contributed by atoms with E-state index in [4.69, 9.17) is 26.5 Å². The number of hydrogen-bond acceptors (Lipinski definition) is 8. The molecule has 0 spiro atoms. The number of fused-ring (bicyclic) bond motifs is 2. The molecule has 11 heteroatoms. The molecule has 9 nitrogen and oxygen atoms in total. The Morgan fingerprint density at radius 2 is 1.79 bits per heavy atom. The van der Waals surface area contributed by atoms with Crippen molar-refractivity contribution < 1.29 is 14.4 Å². The van der Waals surface area contributed by atoms with Gasteiger partial charge in [0.1, 0.15) is 11.1 Å². The van der Waals surface area contributed by atoms with Gasteiger partial charge in [-0.1, -0.05) is 52.7 Å². The van der Waals surface area contributed by atoms with E-state index >= 15 is 0 Å². The largest absolute Gasteiger partial charge is 0.443 e. The highest BCUT2D eigenvalue weighted by Gasteiger charge is 2.79. The number of nitrogens with one attached hydrogen (secondary N) is 1. The third-order valence-corrected chi connectivity index (χ3v) is 7.23. The third kappa shape index (κ3) is 2.74. The molecule has 2 heterocycles. The molecule has 2 aliphatic rings. The van der Waals surface area contributed by atoms with Crippen LogP contribution >= 0.6 is 27.5 Å². The molecule has 4 rings (SSSR count). The van der Waals surface area contributed by atoms with E-state index in [1.165, 1.54) is 12.1 Å². The van der Waals surface area contributed by atoms with Gasteiger partial charge in [-0.2, -0.15) is 15.8 Å². The van der Waals surface area contributed by atoms with Crippen molar-refractivity contribution in [3.8, 4) is 18.2 Å². The lowest BCUT2D eigenvalue weighted by atomic mass is 9.53. The predicted molar refractivity (Wildman–Crippen MR) is 117 cm³/mol. The maximum atomic E-state index is 11.5. The summed E-state index contributed by atoms with van der Waals surface area (Å²) >= 11 is 9.30. The maximum absolute atomic E-state index is 11.5. The van der Waals surface area contributed by atoms with E-state index in [9.17, 15) is 25.9 Å². The Kier molecular flexibility index (Phi) is 5.18. The van der Waals surface area contributed by atoms with Crippen LogP contribution < -0.4 is 0 Å². The Labute approximate surface area is 201 Å². The minimum Gasteiger partial charge on any atom is -0.443 e. The molecule has 0 radical (unpaired) electrons. The van der Waals surface area contributed by atoms with Gasteiger partial charge in [-0.05, 0) is 23.8 Å². The molecule has 4 atom stereocenters. The summed E-state index contributed by atoms with van der Waals surface area (Å²) in [4.78, 5) is 10.8. The van der Waals surface area contributed by atoms with Gasteiger partial charge >= 0.3 is 0 Å². The van der Waals surface area contributed by atoms with Crippen LogP contribution in [0.4, 0.5) is 5.69 Å². The quantitative estimate of drug-likeness (QED) is 0.429. The zero-order valence-electron chi connectivity index (χ0n) is 16.9. The van der Waals surface area contributed by atoms with E-state index in [0.29, 0.717) is 5.56 Å². The summed E-state index contributed by atoms with van der Waals surface area (Å²) in [6, 6.07) is 16.4. The molecule has 2 bridgehead atoms. The van der Waals surface area contributed by atoms with E-state index in [1.54, 1.807) is 31.2 Å². The smallest absolute Gasteiger partial charge is 0.288 e. The topological polar surface area (TPSA) is 157 Å². The van der Waals surface area contributed by atoms with Crippen LogP contribution in [0.3, 0.4) is 0 Å². The first-order valence-corrected chi connectivity index (χ1v) is 10.7. The summed E-state index contributed by atoms with van der Waals surface area (Å²) in [7, 11) is 0. The Balaban J connectivity index is 2.04. The number of benzene rings is 2. The lowest BCUT2D eigenvalue weighted by molar-refractivity contribution is -0.384. The number of nitriles is 3. The van der Waals surface area contributed by atoms with Crippen molar-refractivity contribution in [2.24, 2.45) is 16.7 Å². The molecule has 2 fully saturated rings. The highest BCUT2D eigenvalue weighted by atomic mass is 79.9. The molecular formula is C22H13BrClN5O4. The van der Waals surface area contributed by atoms with Crippen molar-refractivity contribution in [2.45, 2.75) is 18.8 Å². The van der Waals surface area contributed by atoms with E-state index < -0.39 is 45.1 Å². The van der Waals surface area contributed by atoms with Gasteiger partial charge < -0.3 is 9.47 Å². The number of rotatable bonds is 3. The molecule has 0 aliphatic carbocycles. The summed E-state index contributed by atoms with van der Waals surface area (Å²) in [5, 5.41) is 50.6. The summed E-state index contributed by atoms with van der Waals surface area (Å²) in [6.07, 6.45) is -1.47. The van der Waals surface area contributed by atoms with Gasteiger partial charge in [0.25, 0.3) is 5.69 Å². The Morgan fingerprint density at radius 1 is 1.15 bits per heavy atom. The highest BCUT2D eigenvalue weighted by Crippen LogP contribution is 2.69. The molecule has 164 valence electrons. The van der Waals surface area contributed by atoms with Gasteiger partial charge in [-0.15, -0.1) is 0 Å². The van der Waals surface area contributed by atoms with Crippen molar-refractivity contribution in [1.29, 1.82) is 21.2 Å². The minimum atomic E-state index is -2.24. The number of nitro groups is 1. The molecule has 4 unspecified atom stereocenters. The van der Waals surface area contributed by atoms with Crippen LogP contribution in [0.1, 0.15) is 24.2 Å². The fourth-order valence-electron chi connectivity index (χ4n) is 4.68. The molecule has 1 N–H and O–H groups in total. The summed E-state index contributed by atoms with van der Waals surface area (Å²) in [5.74, 6) is -3.21. The number of ether oxygens (including phenoxy) is 2. The Morgan fingerprint density at radius 3 is 2.33 bits per heavy atom. The second kappa shape index (κ2) is 7.54. The fraction of sp³-hybridized carbons (Fsp3) is 0.273. The molecule has 2 aromatic rings. The van der Waals surface area contributed by atoms with Gasteiger partial charge in [-0.25, -0.2) is 0 Å². The van der Waals surface area contributed by atoms with E-state index in [1.807, 2.05) is 18.2 Å². The van der Waals surface area contributed by atoms with Crippen molar-refractivity contribution in [3.05, 3.63) is 73.2 Å². The summed E-state index contributed by atoms with van der Waals surface area (Å²) < 4.78 is 13.0. The first-order valence-electron chi connectivity index (χ1n) is 9.53. The van der Waals surface area contributed by atoms with Crippen LogP contribution in [0.5, 0.6) is 0 Å². The first-order chi connectivity index (χ1) is 15.6. The van der Waals surface area contributed by atoms with Crippen molar-refractivity contribution in [3.63, 3.8) is 0 Å². The maximum Gasteiger partial charge on any atom is 0.288 e. The number of halogens is 2. The average molecular weight is 527 g/mol. The Bertz CT molecular complexity index is 1310. The van der Waals surface area contributed by atoms with E-state index in [0.717, 1.165) is 10.5 Å². The molecule has 0 amide bonds. The molecule has 0 saturated carbocycles. The van der Waals surface area contributed by atoms with Gasteiger partial charge in [0.05, 0.1) is 29.0 Å². The first kappa shape index (κ1) is 22.7. The zero-order valence-corrected chi connectivity index (χ0v) is 19.2. The zero-order chi connectivity index (χ0) is 24.2.